The molecule has 0 aliphatic heterocycles. The molecule has 0 saturated carbocycles. The Hall–Kier alpha value is -0.900. The van der Waals surface area contributed by atoms with Crippen molar-refractivity contribution < 1.29 is 4.84 Å². The van der Waals surface area contributed by atoms with Gasteiger partial charge in [0.1, 0.15) is 0 Å². The Kier molecular flexibility index (Phi) is 6.08. The first-order valence-electron chi connectivity index (χ1n) is 5.86. The molecular weight excluding hydrogens is 200 g/mol. The predicted molar refractivity (Wildman–Crippen MR) is 66.9 cm³/mol. The first-order chi connectivity index (χ1) is 7.80. The molecule has 0 aliphatic carbocycles. The third-order valence-electron chi connectivity index (χ3n) is 2.74. The van der Waals surface area contributed by atoms with E-state index in [-0.39, 0.29) is 0 Å². The first-order valence-corrected chi connectivity index (χ1v) is 5.86. The monoisotopic (exact) mass is 222 g/mol. The molecule has 1 aromatic carbocycles. The van der Waals surface area contributed by atoms with Gasteiger partial charge in [0.05, 0.1) is 7.11 Å². The lowest BCUT2D eigenvalue weighted by Gasteiger charge is -2.18. The van der Waals surface area contributed by atoms with Gasteiger partial charge in [-0.3, -0.25) is 4.90 Å². The molecule has 0 heterocycles. The van der Waals surface area contributed by atoms with Crippen LogP contribution in [0.25, 0.3) is 0 Å². The van der Waals surface area contributed by atoms with E-state index in [0.29, 0.717) is 0 Å². The average molecular weight is 222 g/mol. The minimum absolute atomic E-state index is 0.752. The highest BCUT2D eigenvalue weighted by atomic mass is 16.6. The van der Waals surface area contributed by atoms with Crippen LogP contribution in [-0.4, -0.2) is 25.1 Å². The fourth-order valence-electron chi connectivity index (χ4n) is 1.62. The summed E-state index contributed by atoms with van der Waals surface area (Å²) in [4.78, 5) is 7.22. The van der Waals surface area contributed by atoms with Gasteiger partial charge in [-0.2, -0.15) is 5.48 Å². The van der Waals surface area contributed by atoms with E-state index in [1.165, 1.54) is 11.1 Å². The minimum Gasteiger partial charge on any atom is -0.305 e. The summed E-state index contributed by atoms with van der Waals surface area (Å²) < 4.78 is 0. The Morgan fingerprint density at radius 1 is 1.06 bits per heavy atom. The number of nitrogens with zero attached hydrogens (tertiary/aromatic N) is 1. The van der Waals surface area contributed by atoms with E-state index in [1.807, 2.05) is 0 Å². The van der Waals surface area contributed by atoms with Gasteiger partial charge in [-0.15, -0.1) is 0 Å². The molecule has 16 heavy (non-hydrogen) atoms. The van der Waals surface area contributed by atoms with Gasteiger partial charge in [0.25, 0.3) is 0 Å². The second-order valence-electron chi connectivity index (χ2n) is 3.80. The van der Waals surface area contributed by atoms with Crippen molar-refractivity contribution in [2.75, 3.05) is 20.2 Å². The lowest BCUT2D eigenvalue weighted by atomic mass is 10.1. The zero-order valence-electron chi connectivity index (χ0n) is 10.5. The van der Waals surface area contributed by atoms with Crippen molar-refractivity contribution in [3.63, 3.8) is 0 Å². The smallest absolute Gasteiger partial charge is 0.0572 e. The highest BCUT2D eigenvalue weighted by molar-refractivity contribution is 5.22. The minimum atomic E-state index is 0.752. The van der Waals surface area contributed by atoms with Crippen molar-refractivity contribution in [3.8, 4) is 0 Å². The Bertz CT molecular complexity index is 280. The Morgan fingerprint density at radius 2 is 1.62 bits per heavy atom. The zero-order valence-corrected chi connectivity index (χ0v) is 10.5. The summed E-state index contributed by atoms with van der Waals surface area (Å²) >= 11 is 0. The summed E-state index contributed by atoms with van der Waals surface area (Å²) in [6.07, 6.45) is 0. The van der Waals surface area contributed by atoms with Crippen LogP contribution in [0, 0.1) is 0 Å². The highest BCUT2D eigenvalue weighted by Gasteiger charge is 2.00. The first kappa shape index (κ1) is 13.2. The van der Waals surface area contributed by atoms with Crippen molar-refractivity contribution in [3.05, 3.63) is 35.4 Å². The predicted octanol–water partition coefficient (Wildman–Crippen LogP) is 2.18. The van der Waals surface area contributed by atoms with Crippen LogP contribution in [-0.2, 0) is 17.9 Å². The summed E-state index contributed by atoms with van der Waals surface area (Å²) in [5, 5.41) is 0. The third-order valence-corrected chi connectivity index (χ3v) is 2.74. The SMILES string of the molecule is CCN(CC)Cc1ccc(CNOC)cc1. The maximum atomic E-state index is 4.82. The maximum Gasteiger partial charge on any atom is 0.0572 e. The summed E-state index contributed by atoms with van der Waals surface area (Å²) in [5.41, 5.74) is 5.44. The molecule has 0 aromatic heterocycles. The zero-order chi connectivity index (χ0) is 11.8. The molecule has 0 atom stereocenters. The molecule has 1 N–H and O–H groups in total. The van der Waals surface area contributed by atoms with E-state index in [9.17, 15) is 0 Å². The third kappa shape index (κ3) is 4.31. The molecule has 0 fully saturated rings. The van der Waals surface area contributed by atoms with Crippen LogP contribution in [0.1, 0.15) is 25.0 Å². The molecule has 0 radical (unpaired) electrons. The van der Waals surface area contributed by atoms with Crippen LogP contribution >= 0.6 is 0 Å². The van der Waals surface area contributed by atoms with Crippen molar-refractivity contribution in [1.82, 2.24) is 10.4 Å². The van der Waals surface area contributed by atoms with Gasteiger partial charge in [-0.25, -0.2) is 0 Å². The average Bonchev–Trinajstić information content (AvgIpc) is 2.35. The second-order valence-corrected chi connectivity index (χ2v) is 3.80. The maximum absolute atomic E-state index is 4.82. The molecule has 3 nitrogen and oxygen atoms in total. The molecule has 0 saturated heterocycles. The van der Waals surface area contributed by atoms with Gasteiger partial charge in [-0.1, -0.05) is 38.1 Å². The van der Waals surface area contributed by atoms with Crippen molar-refractivity contribution in [2.45, 2.75) is 26.9 Å². The number of rotatable bonds is 7. The number of hydroxylamine groups is 1. The topological polar surface area (TPSA) is 24.5 Å². The van der Waals surface area contributed by atoms with E-state index in [4.69, 9.17) is 4.84 Å². The van der Waals surface area contributed by atoms with Crippen LogP contribution in [0.2, 0.25) is 0 Å². The van der Waals surface area contributed by atoms with Gasteiger partial charge in [0, 0.05) is 13.1 Å². The molecular formula is C13H22N2O. The van der Waals surface area contributed by atoms with Crippen LogP contribution in [0.3, 0.4) is 0 Å². The van der Waals surface area contributed by atoms with E-state index >= 15 is 0 Å². The molecule has 0 unspecified atom stereocenters. The van der Waals surface area contributed by atoms with Crippen LogP contribution in [0.4, 0.5) is 0 Å². The lowest BCUT2D eigenvalue weighted by Crippen LogP contribution is -2.22. The molecule has 0 spiro atoms. The van der Waals surface area contributed by atoms with Gasteiger partial charge in [0.15, 0.2) is 0 Å². The Morgan fingerprint density at radius 3 is 2.12 bits per heavy atom. The van der Waals surface area contributed by atoms with E-state index < -0.39 is 0 Å². The van der Waals surface area contributed by atoms with E-state index in [1.54, 1.807) is 7.11 Å². The van der Waals surface area contributed by atoms with Crippen LogP contribution in [0.15, 0.2) is 24.3 Å². The molecule has 1 rings (SSSR count). The summed E-state index contributed by atoms with van der Waals surface area (Å²) in [7, 11) is 1.63. The standard InChI is InChI=1S/C13H22N2O/c1-4-15(5-2)11-13-8-6-12(7-9-13)10-14-16-3/h6-9,14H,4-5,10-11H2,1-3H3. The van der Waals surface area contributed by atoms with Gasteiger partial charge >= 0.3 is 0 Å². The summed E-state index contributed by atoms with van der Waals surface area (Å²) in [6, 6.07) is 8.66. The molecule has 0 amide bonds. The normalized spacial score (nSPS) is 11.0. The van der Waals surface area contributed by atoms with Gasteiger partial charge < -0.3 is 4.84 Å². The molecule has 90 valence electrons. The number of hydrogen-bond donors (Lipinski definition) is 1. The van der Waals surface area contributed by atoms with E-state index in [0.717, 1.165) is 26.2 Å². The fourth-order valence-corrected chi connectivity index (χ4v) is 1.62. The Labute approximate surface area is 98.4 Å². The second kappa shape index (κ2) is 7.39. The summed E-state index contributed by atoms with van der Waals surface area (Å²) in [5.74, 6) is 0. The molecule has 3 heteroatoms. The molecule has 0 aliphatic rings. The van der Waals surface area contributed by atoms with Gasteiger partial charge in [-0.05, 0) is 24.2 Å². The van der Waals surface area contributed by atoms with Crippen molar-refractivity contribution in [2.24, 2.45) is 0 Å². The van der Waals surface area contributed by atoms with Crippen molar-refractivity contribution >= 4 is 0 Å². The van der Waals surface area contributed by atoms with Crippen molar-refractivity contribution in [1.29, 1.82) is 0 Å². The van der Waals surface area contributed by atoms with Crippen LogP contribution < -0.4 is 5.48 Å². The molecule has 1 aromatic rings. The number of nitrogens with one attached hydrogen (secondary N) is 1. The van der Waals surface area contributed by atoms with E-state index in [2.05, 4.69) is 48.5 Å². The lowest BCUT2D eigenvalue weighted by molar-refractivity contribution is 0.0867. The number of benzene rings is 1. The Balaban J connectivity index is 2.50. The number of hydrogen-bond acceptors (Lipinski definition) is 3. The summed E-state index contributed by atoms with van der Waals surface area (Å²) in [6.45, 7) is 8.38. The van der Waals surface area contributed by atoms with Gasteiger partial charge in [0.2, 0.25) is 0 Å². The quantitative estimate of drug-likeness (QED) is 0.716. The molecule has 0 bridgehead atoms. The van der Waals surface area contributed by atoms with Crippen LogP contribution in [0.5, 0.6) is 0 Å². The fraction of sp³-hybridized carbons (Fsp3) is 0.538. The largest absolute Gasteiger partial charge is 0.305 e. The highest BCUT2D eigenvalue weighted by Crippen LogP contribution is 2.07.